The molecule has 0 fully saturated rings. The molecule has 0 atom stereocenters. The van der Waals surface area contributed by atoms with Crippen LogP contribution in [0.25, 0.3) is 0 Å². The molecule has 0 bridgehead atoms. The van der Waals surface area contributed by atoms with E-state index in [0.29, 0.717) is 0 Å². The molecule has 0 aromatic heterocycles. The lowest BCUT2D eigenvalue weighted by Crippen LogP contribution is -1.89. The molecule has 0 amide bonds. The monoisotopic (exact) mass is 218 g/mol. The van der Waals surface area contributed by atoms with E-state index in [1.165, 1.54) is 25.7 Å². The Labute approximate surface area is 78.5 Å². The zero-order valence-corrected chi connectivity index (χ0v) is 8.61. The highest BCUT2D eigenvalue weighted by Crippen LogP contribution is 1.98. The van der Waals surface area contributed by atoms with Crippen molar-refractivity contribution in [2.75, 3.05) is 5.88 Å². The van der Waals surface area contributed by atoms with Crippen molar-refractivity contribution < 1.29 is 17.5 Å². The van der Waals surface area contributed by atoms with E-state index >= 15 is 0 Å². The van der Waals surface area contributed by atoms with Crippen molar-refractivity contribution in [2.24, 2.45) is 0 Å². The summed E-state index contributed by atoms with van der Waals surface area (Å²) in [5, 5.41) is 0. The fourth-order valence-corrected chi connectivity index (χ4v) is 0.710. The van der Waals surface area contributed by atoms with Crippen molar-refractivity contribution in [3.8, 4) is 0 Å². The van der Waals surface area contributed by atoms with Gasteiger partial charge in [0.05, 0.1) is 0 Å². The first-order valence-corrected chi connectivity index (χ1v) is 5.60. The molecule has 0 heterocycles. The van der Waals surface area contributed by atoms with E-state index in [9.17, 15) is 0 Å². The second-order valence-corrected chi connectivity index (χ2v) is 3.47. The zero-order valence-electron chi connectivity index (χ0n) is 7.03. The van der Waals surface area contributed by atoms with Gasteiger partial charge in [-0.2, -0.15) is 8.42 Å². The molecule has 2 N–H and O–H groups in total. The SMILES string of the molecule is CCCCCCCl.O=S(=O)(O)O. The Hall–Kier alpha value is 0.160. The first-order chi connectivity index (χ1) is 5.41. The molecule has 0 radical (unpaired) electrons. The molecule has 0 rings (SSSR count). The molecular weight excluding hydrogens is 204 g/mol. The summed E-state index contributed by atoms with van der Waals surface area (Å²) in [5.41, 5.74) is 0. The van der Waals surface area contributed by atoms with E-state index in [4.69, 9.17) is 29.1 Å². The molecule has 0 spiro atoms. The predicted octanol–water partition coefficient (Wildman–Crippen LogP) is 2.15. The number of alkyl halides is 1. The quantitative estimate of drug-likeness (QED) is 0.431. The number of hydrogen-bond donors (Lipinski definition) is 2. The van der Waals surface area contributed by atoms with E-state index in [-0.39, 0.29) is 0 Å². The minimum absolute atomic E-state index is 0.833. The van der Waals surface area contributed by atoms with Crippen LogP contribution in [0.4, 0.5) is 0 Å². The molecule has 0 saturated carbocycles. The van der Waals surface area contributed by atoms with E-state index in [2.05, 4.69) is 6.92 Å². The lowest BCUT2D eigenvalue weighted by molar-refractivity contribution is 0.381. The molecule has 12 heavy (non-hydrogen) atoms. The highest BCUT2D eigenvalue weighted by molar-refractivity contribution is 7.79. The first kappa shape index (κ1) is 14.7. The van der Waals surface area contributed by atoms with Gasteiger partial charge < -0.3 is 0 Å². The van der Waals surface area contributed by atoms with Gasteiger partial charge in [-0.3, -0.25) is 9.11 Å². The minimum atomic E-state index is -4.67. The van der Waals surface area contributed by atoms with Crippen molar-refractivity contribution in [1.29, 1.82) is 0 Å². The average Bonchev–Trinajstić information content (AvgIpc) is 1.85. The predicted molar refractivity (Wildman–Crippen MR) is 49.0 cm³/mol. The topological polar surface area (TPSA) is 74.6 Å². The Morgan fingerprint density at radius 2 is 1.58 bits per heavy atom. The van der Waals surface area contributed by atoms with Gasteiger partial charge in [0, 0.05) is 5.88 Å². The maximum absolute atomic E-state index is 8.74. The van der Waals surface area contributed by atoms with Crippen molar-refractivity contribution in [1.82, 2.24) is 0 Å². The Kier molecular flexibility index (Phi) is 11.3. The minimum Gasteiger partial charge on any atom is -0.264 e. The maximum Gasteiger partial charge on any atom is 0.394 e. The van der Waals surface area contributed by atoms with Crippen LogP contribution in [0.1, 0.15) is 32.6 Å². The fraction of sp³-hybridized carbons (Fsp3) is 1.00. The van der Waals surface area contributed by atoms with E-state index in [1.807, 2.05) is 0 Å². The second-order valence-electron chi connectivity index (χ2n) is 2.20. The number of hydrogen-bond acceptors (Lipinski definition) is 2. The Morgan fingerprint density at radius 3 is 1.83 bits per heavy atom. The molecule has 76 valence electrons. The molecule has 0 aromatic carbocycles. The molecule has 0 aliphatic heterocycles. The molecule has 0 unspecified atom stereocenters. The summed E-state index contributed by atoms with van der Waals surface area (Å²) in [6, 6.07) is 0. The summed E-state index contributed by atoms with van der Waals surface area (Å²) in [7, 11) is -4.67. The molecule has 0 saturated heterocycles. The second kappa shape index (κ2) is 9.25. The highest BCUT2D eigenvalue weighted by Gasteiger charge is 1.84. The molecule has 0 aliphatic carbocycles. The smallest absolute Gasteiger partial charge is 0.264 e. The van der Waals surface area contributed by atoms with Crippen LogP contribution in [0.2, 0.25) is 0 Å². The first-order valence-electron chi connectivity index (χ1n) is 3.67. The van der Waals surface area contributed by atoms with Gasteiger partial charge in [-0.1, -0.05) is 26.2 Å². The van der Waals surface area contributed by atoms with Gasteiger partial charge in [0.15, 0.2) is 0 Å². The Morgan fingerprint density at radius 1 is 1.17 bits per heavy atom. The molecule has 0 aromatic rings. The zero-order chi connectivity index (χ0) is 10.0. The Balaban J connectivity index is 0. The van der Waals surface area contributed by atoms with Crippen molar-refractivity contribution in [3.63, 3.8) is 0 Å². The van der Waals surface area contributed by atoms with Crippen LogP contribution in [-0.4, -0.2) is 23.4 Å². The fourth-order valence-electron chi connectivity index (χ4n) is 0.521. The lowest BCUT2D eigenvalue weighted by atomic mass is 10.2. The standard InChI is InChI=1S/C6H13Cl.H2O4S/c1-2-3-4-5-6-7;1-5(2,3)4/h2-6H2,1H3;(H2,1,2,3,4). The normalized spacial score (nSPS) is 10.3. The van der Waals surface area contributed by atoms with Gasteiger partial charge in [-0.25, -0.2) is 0 Å². The maximum atomic E-state index is 8.74. The highest BCUT2D eigenvalue weighted by atomic mass is 35.5. The van der Waals surface area contributed by atoms with Gasteiger partial charge in [-0.15, -0.1) is 11.6 Å². The number of halogens is 1. The summed E-state index contributed by atoms with van der Waals surface area (Å²) in [4.78, 5) is 0. The van der Waals surface area contributed by atoms with Gasteiger partial charge in [-0.05, 0) is 6.42 Å². The van der Waals surface area contributed by atoms with Crippen LogP contribution in [0.3, 0.4) is 0 Å². The van der Waals surface area contributed by atoms with Crippen molar-refractivity contribution in [3.05, 3.63) is 0 Å². The van der Waals surface area contributed by atoms with Crippen LogP contribution < -0.4 is 0 Å². The van der Waals surface area contributed by atoms with Gasteiger partial charge >= 0.3 is 10.4 Å². The molecular formula is C6H15ClO4S. The van der Waals surface area contributed by atoms with Crippen LogP contribution in [0.5, 0.6) is 0 Å². The Bertz CT molecular complexity index is 154. The van der Waals surface area contributed by atoms with E-state index in [1.54, 1.807) is 0 Å². The van der Waals surface area contributed by atoms with Crippen LogP contribution in [0, 0.1) is 0 Å². The molecule has 0 aliphatic rings. The van der Waals surface area contributed by atoms with Gasteiger partial charge in [0.25, 0.3) is 0 Å². The number of unbranched alkanes of at least 4 members (excludes halogenated alkanes) is 3. The van der Waals surface area contributed by atoms with Crippen molar-refractivity contribution >= 4 is 22.0 Å². The third kappa shape index (κ3) is 49.3. The van der Waals surface area contributed by atoms with E-state index in [0.717, 1.165) is 5.88 Å². The van der Waals surface area contributed by atoms with Gasteiger partial charge in [0.1, 0.15) is 0 Å². The number of rotatable bonds is 4. The largest absolute Gasteiger partial charge is 0.394 e. The van der Waals surface area contributed by atoms with Gasteiger partial charge in [0.2, 0.25) is 0 Å². The summed E-state index contributed by atoms with van der Waals surface area (Å²) >= 11 is 5.44. The van der Waals surface area contributed by atoms with E-state index < -0.39 is 10.4 Å². The molecule has 6 heteroatoms. The van der Waals surface area contributed by atoms with Crippen molar-refractivity contribution in [2.45, 2.75) is 32.6 Å². The van der Waals surface area contributed by atoms with Crippen LogP contribution in [-0.2, 0) is 10.4 Å². The summed E-state index contributed by atoms with van der Waals surface area (Å²) in [6.07, 6.45) is 5.14. The molecule has 4 nitrogen and oxygen atoms in total. The summed E-state index contributed by atoms with van der Waals surface area (Å²) < 4.78 is 31.6. The summed E-state index contributed by atoms with van der Waals surface area (Å²) in [6.45, 7) is 2.20. The third-order valence-electron chi connectivity index (χ3n) is 0.987. The lowest BCUT2D eigenvalue weighted by Gasteiger charge is -1.89. The average molecular weight is 219 g/mol. The summed E-state index contributed by atoms with van der Waals surface area (Å²) in [5.74, 6) is 0.833. The van der Waals surface area contributed by atoms with Crippen LogP contribution in [0.15, 0.2) is 0 Å². The van der Waals surface area contributed by atoms with Crippen LogP contribution >= 0.6 is 11.6 Å². The third-order valence-corrected chi connectivity index (χ3v) is 1.25.